The Balaban J connectivity index is 1.74. The zero-order valence-electron chi connectivity index (χ0n) is 16.5. The van der Waals surface area contributed by atoms with E-state index in [0.29, 0.717) is 22.7 Å². The molecule has 148 valence electrons. The zero-order chi connectivity index (χ0) is 20.8. The number of nitrogens with two attached hydrogens (primary N) is 1. The van der Waals surface area contributed by atoms with E-state index in [0.717, 1.165) is 27.8 Å². The molecular formula is C23H20N6O. The third kappa shape index (κ3) is 2.90. The summed E-state index contributed by atoms with van der Waals surface area (Å²) in [6.07, 6.45) is 4.20. The Morgan fingerprint density at radius 1 is 1.20 bits per heavy atom. The highest BCUT2D eigenvalue weighted by Gasteiger charge is 2.25. The van der Waals surface area contributed by atoms with Gasteiger partial charge in [-0.05, 0) is 42.0 Å². The maximum Gasteiger partial charge on any atom is 0.272 e. The predicted octanol–water partition coefficient (Wildman–Crippen LogP) is 3.88. The van der Waals surface area contributed by atoms with Crippen LogP contribution >= 0.6 is 0 Å². The van der Waals surface area contributed by atoms with Gasteiger partial charge in [-0.3, -0.25) is 9.48 Å². The van der Waals surface area contributed by atoms with Crippen molar-refractivity contribution in [3.8, 4) is 22.4 Å². The Hall–Kier alpha value is -3.76. The monoisotopic (exact) mass is 396 g/mol. The van der Waals surface area contributed by atoms with Gasteiger partial charge in [-0.1, -0.05) is 24.3 Å². The van der Waals surface area contributed by atoms with Gasteiger partial charge in [0, 0.05) is 30.1 Å². The first-order chi connectivity index (χ1) is 14.6. The summed E-state index contributed by atoms with van der Waals surface area (Å²) in [5.41, 5.74) is 11.7. The molecule has 1 fully saturated rings. The van der Waals surface area contributed by atoms with Crippen LogP contribution in [0.2, 0.25) is 0 Å². The molecular weight excluding hydrogens is 376 g/mol. The molecule has 0 atom stereocenters. The summed E-state index contributed by atoms with van der Waals surface area (Å²) >= 11 is 0. The number of benzene rings is 2. The molecule has 1 aliphatic carbocycles. The van der Waals surface area contributed by atoms with Crippen LogP contribution in [0, 0.1) is 6.57 Å². The molecule has 2 aromatic carbocycles. The van der Waals surface area contributed by atoms with E-state index in [1.165, 1.54) is 18.4 Å². The van der Waals surface area contributed by atoms with Crippen LogP contribution in [-0.2, 0) is 13.6 Å². The average Bonchev–Trinajstić information content (AvgIpc) is 3.55. The minimum absolute atomic E-state index is 0.224. The number of hydrogen-bond donors (Lipinski definition) is 2. The van der Waals surface area contributed by atoms with Gasteiger partial charge in [0.25, 0.3) is 5.56 Å². The molecule has 2 aromatic heterocycles. The normalized spacial score (nSPS) is 13.5. The number of hydrogen-bond acceptors (Lipinski definition) is 4. The second kappa shape index (κ2) is 6.94. The molecule has 5 rings (SSSR count). The number of aromatic nitrogens is 4. The van der Waals surface area contributed by atoms with E-state index in [-0.39, 0.29) is 12.1 Å². The van der Waals surface area contributed by atoms with Crippen molar-refractivity contribution in [2.75, 3.05) is 0 Å². The lowest BCUT2D eigenvalue weighted by Crippen LogP contribution is -2.13. The van der Waals surface area contributed by atoms with Crippen LogP contribution in [0.5, 0.6) is 0 Å². The van der Waals surface area contributed by atoms with Crippen molar-refractivity contribution in [1.29, 1.82) is 0 Å². The number of nitrogens with one attached hydrogen (secondary N) is 1. The van der Waals surface area contributed by atoms with E-state index in [1.807, 2.05) is 25.2 Å². The van der Waals surface area contributed by atoms with Crippen molar-refractivity contribution in [1.82, 2.24) is 20.0 Å². The van der Waals surface area contributed by atoms with Crippen molar-refractivity contribution in [3.05, 3.63) is 75.6 Å². The Bertz CT molecular complexity index is 1390. The molecule has 0 aliphatic heterocycles. The van der Waals surface area contributed by atoms with E-state index < -0.39 is 0 Å². The molecule has 0 bridgehead atoms. The molecule has 30 heavy (non-hydrogen) atoms. The summed E-state index contributed by atoms with van der Waals surface area (Å²) in [6, 6.07) is 11.7. The van der Waals surface area contributed by atoms with Gasteiger partial charge in [0.15, 0.2) is 5.69 Å². The van der Waals surface area contributed by atoms with Crippen molar-refractivity contribution >= 4 is 16.5 Å². The summed E-state index contributed by atoms with van der Waals surface area (Å²) in [4.78, 5) is 15.9. The van der Waals surface area contributed by atoms with Crippen LogP contribution in [-0.4, -0.2) is 20.0 Å². The molecule has 3 N–H and O–H groups in total. The SMILES string of the molecule is [C-]#[N+]c1ccc(C2CC2)cc1-c1c(-c2ccc3c(=O)[nH]nc(CN)c3c2)cnn1C. The smallest absolute Gasteiger partial charge is 0.272 e. The van der Waals surface area contributed by atoms with Gasteiger partial charge in [0.1, 0.15) is 0 Å². The van der Waals surface area contributed by atoms with E-state index in [1.54, 1.807) is 16.9 Å². The maximum atomic E-state index is 12.2. The number of fused-ring (bicyclic) bond motifs is 1. The third-order valence-corrected chi connectivity index (χ3v) is 5.76. The fourth-order valence-corrected chi connectivity index (χ4v) is 4.02. The molecule has 0 spiro atoms. The molecule has 7 heteroatoms. The van der Waals surface area contributed by atoms with Crippen LogP contribution < -0.4 is 11.3 Å². The molecule has 4 aromatic rings. The lowest BCUT2D eigenvalue weighted by Gasteiger charge is -2.12. The molecule has 0 radical (unpaired) electrons. The largest absolute Gasteiger partial charge is 0.325 e. The summed E-state index contributed by atoms with van der Waals surface area (Å²) in [5, 5.41) is 12.3. The fraction of sp³-hybridized carbons (Fsp3) is 0.217. The van der Waals surface area contributed by atoms with Crippen LogP contribution in [0.25, 0.3) is 38.0 Å². The number of H-pyrrole nitrogens is 1. The van der Waals surface area contributed by atoms with Gasteiger partial charge in [0.05, 0.1) is 29.5 Å². The van der Waals surface area contributed by atoms with Crippen molar-refractivity contribution < 1.29 is 0 Å². The summed E-state index contributed by atoms with van der Waals surface area (Å²) < 4.78 is 1.81. The second-order valence-corrected chi connectivity index (χ2v) is 7.66. The molecule has 0 amide bonds. The van der Waals surface area contributed by atoms with Gasteiger partial charge < -0.3 is 5.73 Å². The number of aromatic amines is 1. The highest BCUT2D eigenvalue weighted by molar-refractivity contribution is 5.93. The lowest BCUT2D eigenvalue weighted by molar-refractivity contribution is 0.776. The summed E-state index contributed by atoms with van der Waals surface area (Å²) in [7, 11) is 1.88. The minimum atomic E-state index is -0.243. The molecule has 1 aliphatic rings. The topological polar surface area (TPSA) is 93.9 Å². The van der Waals surface area contributed by atoms with Gasteiger partial charge in [0.2, 0.25) is 0 Å². The molecule has 7 nitrogen and oxygen atoms in total. The lowest BCUT2D eigenvalue weighted by atomic mass is 9.96. The quantitative estimate of drug-likeness (QED) is 0.512. The summed E-state index contributed by atoms with van der Waals surface area (Å²) in [5.74, 6) is 0.589. The second-order valence-electron chi connectivity index (χ2n) is 7.66. The number of aryl methyl sites for hydroxylation is 1. The van der Waals surface area contributed by atoms with E-state index in [4.69, 9.17) is 12.3 Å². The van der Waals surface area contributed by atoms with Crippen LogP contribution in [0.15, 0.2) is 47.4 Å². The van der Waals surface area contributed by atoms with Crippen molar-refractivity contribution in [2.45, 2.75) is 25.3 Å². The Labute approximate surface area is 173 Å². The van der Waals surface area contributed by atoms with Crippen LogP contribution in [0.1, 0.15) is 30.0 Å². The van der Waals surface area contributed by atoms with Crippen LogP contribution in [0.4, 0.5) is 5.69 Å². The first kappa shape index (κ1) is 18.3. The highest BCUT2D eigenvalue weighted by atomic mass is 16.1. The Morgan fingerprint density at radius 2 is 2.03 bits per heavy atom. The fourth-order valence-electron chi connectivity index (χ4n) is 4.02. The van der Waals surface area contributed by atoms with Crippen molar-refractivity contribution in [3.63, 3.8) is 0 Å². The zero-order valence-corrected chi connectivity index (χ0v) is 16.5. The number of rotatable bonds is 4. The average molecular weight is 396 g/mol. The van der Waals surface area contributed by atoms with E-state index in [9.17, 15) is 4.79 Å². The van der Waals surface area contributed by atoms with Gasteiger partial charge in [-0.2, -0.15) is 10.2 Å². The molecule has 0 unspecified atom stereocenters. The summed E-state index contributed by atoms with van der Waals surface area (Å²) in [6.45, 7) is 7.87. The Kier molecular flexibility index (Phi) is 4.23. The minimum Gasteiger partial charge on any atom is -0.325 e. The first-order valence-electron chi connectivity index (χ1n) is 9.86. The Morgan fingerprint density at radius 3 is 2.77 bits per heavy atom. The molecule has 1 saturated carbocycles. The van der Waals surface area contributed by atoms with Gasteiger partial charge in [-0.25, -0.2) is 9.94 Å². The maximum absolute atomic E-state index is 12.2. The van der Waals surface area contributed by atoms with Crippen LogP contribution in [0.3, 0.4) is 0 Å². The van der Waals surface area contributed by atoms with E-state index >= 15 is 0 Å². The third-order valence-electron chi connectivity index (χ3n) is 5.76. The van der Waals surface area contributed by atoms with Crippen molar-refractivity contribution in [2.24, 2.45) is 12.8 Å². The first-order valence-corrected chi connectivity index (χ1v) is 9.86. The molecule has 0 saturated heterocycles. The number of nitrogens with zero attached hydrogens (tertiary/aromatic N) is 4. The predicted molar refractivity (Wildman–Crippen MR) is 116 cm³/mol. The van der Waals surface area contributed by atoms with E-state index in [2.05, 4.69) is 32.3 Å². The van der Waals surface area contributed by atoms with Gasteiger partial charge in [-0.15, -0.1) is 0 Å². The van der Waals surface area contributed by atoms with Gasteiger partial charge >= 0.3 is 0 Å². The standard InChI is InChI=1S/C23H20N6O/c1-25-20-8-6-14(13-3-4-13)9-18(20)22-19(12-26-29(22)2)15-5-7-16-17(10-15)21(11-24)27-28-23(16)30/h5-10,12-13H,3-4,11,24H2,2H3,(H,28,30). The highest BCUT2D eigenvalue weighted by Crippen LogP contribution is 2.44. The molecule has 2 heterocycles.